The summed E-state index contributed by atoms with van der Waals surface area (Å²) in [6, 6.07) is 5.49. The summed E-state index contributed by atoms with van der Waals surface area (Å²) in [7, 11) is 1.39. The van der Waals surface area contributed by atoms with E-state index in [1.54, 1.807) is 0 Å². The highest BCUT2D eigenvalue weighted by atomic mass is 35.7. The molecule has 0 atom stereocenters. The highest BCUT2D eigenvalue weighted by Gasteiger charge is 2.12. The molecule has 0 aliphatic carbocycles. The normalized spacial score (nSPS) is 11.4. The molecule has 0 fully saturated rings. The first-order valence-corrected chi connectivity index (χ1v) is 6.93. The lowest BCUT2D eigenvalue weighted by Crippen LogP contribution is -1.96. The molecule has 0 aliphatic rings. The van der Waals surface area contributed by atoms with E-state index in [0.29, 0.717) is 5.69 Å². The lowest BCUT2D eigenvalue weighted by atomic mass is 10.3. The molecule has 1 aromatic heterocycles. The van der Waals surface area contributed by atoms with Gasteiger partial charge in [-0.25, -0.2) is 13.1 Å². The minimum atomic E-state index is -3.78. The van der Waals surface area contributed by atoms with Crippen LogP contribution in [-0.2, 0) is 9.05 Å². The molecule has 2 rings (SSSR count). The van der Waals surface area contributed by atoms with Gasteiger partial charge in [0.25, 0.3) is 9.05 Å². The number of hydrogen-bond donors (Lipinski definition) is 0. The summed E-state index contributed by atoms with van der Waals surface area (Å²) in [6.45, 7) is 0. The van der Waals surface area contributed by atoms with Crippen molar-refractivity contribution in [2.45, 2.75) is 4.90 Å². The van der Waals surface area contributed by atoms with Crippen LogP contribution >= 0.6 is 10.7 Å². The fourth-order valence-corrected chi connectivity index (χ4v) is 2.08. The van der Waals surface area contributed by atoms with E-state index in [4.69, 9.17) is 10.7 Å². The van der Waals surface area contributed by atoms with E-state index in [-0.39, 0.29) is 10.6 Å². The predicted octanol–water partition coefficient (Wildman–Crippen LogP) is 1.71. The maximum absolute atomic E-state index is 11.0. The molecule has 1 aromatic carbocycles. The lowest BCUT2D eigenvalue weighted by molar-refractivity contribution is -0.384. The monoisotopic (exact) mass is 287 g/mol. The number of nitrogens with zero attached hydrogens (tertiary/aromatic N) is 3. The van der Waals surface area contributed by atoms with Crippen LogP contribution in [0.5, 0.6) is 0 Å². The molecule has 94 valence electrons. The molecule has 0 amide bonds. The van der Waals surface area contributed by atoms with Gasteiger partial charge in [-0.05, 0) is 24.3 Å². The zero-order chi connectivity index (χ0) is 13.3. The summed E-state index contributed by atoms with van der Waals surface area (Å²) >= 11 is 0. The summed E-state index contributed by atoms with van der Waals surface area (Å²) in [5, 5.41) is 14.3. The maximum Gasteiger partial charge on any atom is 0.307 e. The highest BCUT2D eigenvalue weighted by molar-refractivity contribution is 8.13. The van der Waals surface area contributed by atoms with Gasteiger partial charge in [0.05, 0.1) is 15.5 Å². The van der Waals surface area contributed by atoms with E-state index in [1.807, 2.05) is 0 Å². The lowest BCUT2D eigenvalue weighted by Gasteiger charge is -2.01. The summed E-state index contributed by atoms with van der Waals surface area (Å²) in [5.74, 6) is 0. The number of halogens is 1. The zero-order valence-corrected chi connectivity index (χ0v) is 10.3. The van der Waals surface area contributed by atoms with Crippen molar-refractivity contribution in [2.75, 3.05) is 0 Å². The van der Waals surface area contributed by atoms with E-state index in [2.05, 4.69) is 5.10 Å². The molecule has 0 unspecified atom stereocenters. The fourth-order valence-electron chi connectivity index (χ4n) is 1.31. The van der Waals surface area contributed by atoms with Crippen LogP contribution in [0.15, 0.2) is 41.6 Å². The van der Waals surface area contributed by atoms with Crippen LogP contribution in [0.2, 0.25) is 0 Å². The molecule has 2 aromatic rings. The van der Waals surface area contributed by atoms with Gasteiger partial charge in [0, 0.05) is 10.7 Å². The fraction of sp³-hybridized carbons (Fsp3) is 0. The third-order valence-electron chi connectivity index (χ3n) is 2.16. The van der Waals surface area contributed by atoms with E-state index >= 15 is 0 Å². The summed E-state index contributed by atoms with van der Waals surface area (Å²) in [5.41, 5.74) is 0.344. The Morgan fingerprint density at radius 1 is 1.28 bits per heavy atom. The van der Waals surface area contributed by atoms with Crippen molar-refractivity contribution in [1.82, 2.24) is 9.78 Å². The van der Waals surface area contributed by atoms with Gasteiger partial charge in [0.15, 0.2) is 0 Å². The van der Waals surface area contributed by atoms with Gasteiger partial charge in [-0.3, -0.25) is 10.1 Å². The molecular formula is C9H6ClN3O4S. The summed E-state index contributed by atoms with van der Waals surface area (Å²) < 4.78 is 23.3. The Morgan fingerprint density at radius 3 is 2.33 bits per heavy atom. The van der Waals surface area contributed by atoms with Crippen molar-refractivity contribution in [3.8, 4) is 5.69 Å². The standard InChI is InChI=1S/C9H6ClN3O4S/c10-18(16,17)9-3-1-7(2-4-9)12-6-8(5-11-12)13(14)15/h1-6H. The quantitative estimate of drug-likeness (QED) is 0.486. The van der Waals surface area contributed by atoms with Crippen LogP contribution in [0.25, 0.3) is 5.69 Å². The van der Waals surface area contributed by atoms with Crippen molar-refractivity contribution in [2.24, 2.45) is 0 Å². The predicted molar refractivity (Wildman–Crippen MR) is 63.3 cm³/mol. The minimum Gasteiger partial charge on any atom is -0.258 e. The van der Waals surface area contributed by atoms with Crippen molar-refractivity contribution >= 4 is 25.4 Å². The topological polar surface area (TPSA) is 95.1 Å². The van der Waals surface area contributed by atoms with E-state index in [0.717, 1.165) is 6.20 Å². The largest absolute Gasteiger partial charge is 0.307 e. The van der Waals surface area contributed by atoms with E-state index in [1.165, 1.54) is 35.1 Å². The van der Waals surface area contributed by atoms with Gasteiger partial charge in [-0.1, -0.05) is 0 Å². The molecular weight excluding hydrogens is 282 g/mol. The smallest absolute Gasteiger partial charge is 0.258 e. The first-order valence-electron chi connectivity index (χ1n) is 4.62. The second-order valence-corrected chi connectivity index (χ2v) is 5.90. The second kappa shape index (κ2) is 4.39. The van der Waals surface area contributed by atoms with E-state index < -0.39 is 14.0 Å². The molecule has 0 saturated carbocycles. The molecule has 18 heavy (non-hydrogen) atoms. The van der Waals surface area contributed by atoms with Gasteiger partial charge in [-0.2, -0.15) is 5.10 Å². The number of benzene rings is 1. The van der Waals surface area contributed by atoms with Crippen LogP contribution in [0.4, 0.5) is 5.69 Å². The first kappa shape index (κ1) is 12.5. The van der Waals surface area contributed by atoms with Gasteiger partial charge < -0.3 is 0 Å². The molecule has 0 N–H and O–H groups in total. The average Bonchev–Trinajstić information content (AvgIpc) is 2.77. The Hall–Kier alpha value is -1.93. The Bertz CT molecular complexity index is 693. The van der Waals surface area contributed by atoms with Gasteiger partial charge >= 0.3 is 5.69 Å². The second-order valence-electron chi connectivity index (χ2n) is 3.33. The third kappa shape index (κ3) is 2.49. The van der Waals surface area contributed by atoms with Crippen molar-refractivity contribution in [1.29, 1.82) is 0 Å². The molecule has 1 heterocycles. The maximum atomic E-state index is 11.0. The number of nitro groups is 1. The van der Waals surface area contributed by atoms with Crippen LogP contribution in [0.3, 0.4) is 0 Å². The molecule has 0 aliphatic heterocycles. The van der Waals surface area contributed by atoms with Gasteiger partial charge in [0.2, 0.25) is 0 Å². The number of aromatic nitrogens is 2. The minimum absolute atomic E-state index is 0.0467. The van der Waals surface area contributed by atoms with Gasteiger partial charge in [0.1, 0.15) is 12.4 Å². The van der Waals surface area contributed by atoms with Crippen molar-refractivity contribution in [3.05, 3.63) is 46.8 Å². The van der Waals surface area contributed by atoms with Crippen LogP contribution in [0.1, 0.15) is 0 Å². The SMILES string of the molecule is O=[N+]([O-])c1cnn(-c2ccc(S(=O)(=O)Cl)cc2)c1. The van der Waals surface area contributed by atoms with Crippen molar-refractivity contribution < 1.29 is 13.3 Å². The average molecular weight is 288 g/mol. The summed E-state index contributed by atoms with van der Waals surface area (Å²) in [4.78, 5) is 9.87. The number of rotatable bonds is 3. The molecule has 0 spiro atoms. The Kier molecular flexibility index (Phi) is 3.05. The Labute approximate surface area is 106 Å². The first-order chi connectivity index (χ1) is 8.38. The molecule has 0 bridgehead atoms. The van der Waals surface area contributed by atoms with E-state index in [9.17, 15) is 18.5 Å². The van der Waals surface area contributed by atoms with Gasteiger partial charge in [-0.15, -0.1) is 0 Å². The summed E-state index contributed by atoms with van der Waals surface area (Å²) in [6.07, 6.45) is 2.33. The van der Waals surface area contributed by atoms with Crippen LogP contribution in [-0.4, -0.2) is 23.1 Å². The molecule has 0 radical (unpaired) electrons. The third-order valence-corrected chi connectivity index (χ3v) is 3.53. The molecule has 0 saturated heterocycles. The molecule has 7 nitrogen and oxygen atoms in total. The van der Waals surface area contributed by atoms with Crippen molar-refractivity contribution in [3.63, 3.8) is 0 Å². The highest BCUT2D eigenvalue weighted by Crippen LogP contribution is 2.18. The molecule has 9 heteroatoms. The Morgan fingerprint density at radius 2 is 1.89 bits per heavy atom. The zero-order valence-electron chi connectivity index (χ0n) is 8.72. The number of hydrogen-bond acceptors (Lipinski definition) is 5. The Balaban J connectivity index is 2.37. The van der Waals surface area contributed by atoms with Crippen LogP contribution in [0, 0.1) is 10.1 Å². The van der Waals surface area contributed by atoms with Crippen LogP contribution < -0.4 is 0 Å².